The van der Waals surface area contributed by atoms with E-state index in [2.05, 4.69) is 5.10 Å². The molecule has 0 aliphatic heterocycles. The van der Waals surface area contributed by atoms with E-state index in [1.807, 2.05) is 19.3 Å². The zero-order chi connectivity index (χ0) is 16.2. The van der Waals surface area contributed by atoms with Gasteiger partial charge in [-0.1, -0.05) is 24.3 Å². The molecule has 0 aliphatic rings. The minimum atomic E-state index is -0.263. The van der Waals surface area contributed by atoms with Crippen molar-refractivity contribution in [2.75, 3.05) is 0 Å². The molecule has 23 heavy (non-hydrogen) atoms. The highest BCUT2D eigenvalue weighted by Gasteiger charge is 2.16. The van der Waals surface area contributed by atoms with Gasteiger partial charge in [0.2, 0.25) is 0 Å². The topological polar surface area (TPSA) is 17.8 Å². The van der Waals surface area contributed by atoms with E-state index in [0.29, 0.717) is 0 Å². The molecule has 1 heterocycles. The standard InChI is InChI=1S/C18H16F2N2S/c1-22-11-10-17(21-22)12-23-18(13-2-6-15(19)7-3-13)14-4-8-16(20)9-5-14/h2-11,18H,12H2,1H3. The molecular weight excluding hydrogens is 314 g/mol. The molecule has 0 radical (unpaired) electrons. The number of rotatable bonds is 5. The first-order valence-electron chi connectivity index (χ1n) is 7.23. The van der Waals surface area contributed by atoms with Crippen molar-refractivity contribution in [3.05, 3.63) is 89.2 Å². The minimum Gasteiger partial charge on any atom is -0.276 e. The van der Waals surface area contributed by atoms with E-state index in [4.69, 9.17) is 0 Å². The Morgan fingerprint density at radius 1 is 0.913 bits per heavy atom. The molecule has 0 bridgehead atoms. The molecule has 0 unspecified atom stereocenters. The Morgan fingerprint density at radius 2 is 1.43 bits per heavy atom. The molecule has 3 aromatic rings. The van der Waals surface area contributed by atoms with Crippen LogP contribution in [0.25, 0.3) is 0 Å². The fourth-order valence-corrected chi connectivity index (χ4v) is 3.56. The van der Waals surface area contributed by atoms with Crippen LogP contribution in [0.2, 0.25) is 0 Å². The Bertz CT molecular complexity index is 721. The van der Waals surface area contributed by atoms with Crippen molar-refractivity contribution in [3.8, 4) is 0 Å². The quantitative estimate of drug-likeness (QED) is 0.673. The van der Waals surface area contributed by atoms with Crippen LogP contribution in [0.15, 0.2) is 60.8 Å². The van der Waals surface area contributed by atoms with Gasteiger partial charge in [-0.2, -0.15) is 5.10 Å². The summed E-state index contributed by atoms with van der Waals surface area (Å²) in [6.45, 7) is 0. The molecule has 118 valence electrons. The first-order valence-corrected chi connectivity index (χ1v) is 8.28. The van der Waals surface area contributed by atoms with Gasteiger partial charge in [-0.15, -0.1) is 11.8 Å². The molecule has 0 aliphatic carbocycles. The van der Waals surface area contributed by atoms with Crippen LogP contribution in [0.5, 0.6) is 0 Å². The number of nitrogens with zero attached hydrogens (tertiary/aromatic N) is 2. The zero-order valence-corrected chi connectivity index (χ0v) is 13.4. The summed E-state index contributed by atoms with van der Waals surface area (Å²) in [5, 5.41) is 4.37. The first kappa shape index (κ1) is 15.7. The van der Waals surface area contributed by atoms with Crippen molar-refractivity contribution < 1.29 is 8.78 Å². The highest BCUT2D eigenvalue weighted by molar-refractivity contribution is 7.98. The molecule has 0 N–H and O–H groups in total. The number of aryl methyl sites for hydroxylation is 1. The number of aromatic nitrogens is 2. The van der Waals surface area contributed by atoms with E-state index in [1.54, 1.807) is 40.7 Å². The van der Waals surface area contributed by atoms with E-state index in [0.717, 1.165) is 22.6 Å². The molecule has 0 atom stereocenters. The second-order valence-corrected chi connectivity index (χ2v) is 6.37. The van der Waals surface area contributed by atoms with Gasteiger partial charge >= 0.3 is 0 Å². The van der Waals surface area contributed by atoms with Crippen molar-refractivity contribution >= 4 is 11.8 Å². The van der Waals surface area contributed by atoms with Gasteiger partial charge in [-0.25, -0.2) is 8.78 Å². The van der Waals surface area contributed by atoms with Gasteiger partial charge in [0, 0.05) is 19.0 Å². The second kappa shape index (κ2) is 6.96. The van der Waals surface area contributed by atoms with Gasteiger partial charge in [0.05, 0.1) is 10.9 Å². The van der Waals surface area contributed by atoms with E-state index in [1.165, 1.54) is 24.3 Å². The fourth-order valence-electron chi connectivity index (χ4n) is 2.37. The number of hydrogen-bond donors (Lipinski definition) is 0. The molecule has 2 nitrogen and oxygen atoms in total. The van der Waals surface area contributed by atoms with Gasteiger partial charge in [0.15, 0.2) is 0 Å². The molecule has 0 saturated carbocycles. The van der Waals surface area contributed by atoms with Crippen LogP contribution < -0.4 is 0 Å². The van der Waals surface area contributed by atoms with Crippen LogP contribution in [0, 0.1) is 11.6 Å². The molecular formula is C18H16F2N2S. The van der Waals surface area contributed by atoms with Gasteiger partial charge in [0.1, 0.15) is 11.6 Å². The average molecular weight is 330 g/mol. The lowest BCUT2D eigenvalue weighted by atomic mass is 10.0. The van der Waals surface area contributed by atoms with Crippen molar-refractivity contribution in [3.63, 3.8) is 0 Å². The normalized spacial score (nSPS) is 11.1. The summed E-state index contributed by atoms with van der Waals surface area (Å²) in [5.41, 5.74) is 2.95. The summed E-state index contributed by atoms with van der Waals surface area (Å²) in [6, 6.07) is 14.9. The summed E-state index contributed by atoms with van der Waals surface area (Å²) in [4.78, 5) is 0. The summed E-state index contributed by atoms with van der Waals surface area (Å²) in [7, 11) is 1.88. The van der Waals surface area contributed by atoms with Crippen molar-refractivity contribution in [2.45, 2.75) is 11.0 Å². The fraction of sp³-hybridized carbons (Fsp3) is 0.167. The first-order chi connectivity index (χ1) is 11.1. The Kier molecular flexibility index (Phi) is 4.76. The van der Waals surface area contributed by atoms with E-state index in [-0.39, 0.29) is 16.9 Å². The van der Waals surface area contributed by atoms with Crippen LogP contribution >= 0.6 is 11.8 Å². The average Bonchev–Trinajstić information content (AvgIpc) is 2.96. The summed E-state index contributed by atoms with van der Waals surface area (Å²) >= 11 is 1.69. The van der Waals surface area contributed by atoms with E-state index < -0.39 is 0 Å². The number of thioether (sulfide) groups is 1. The maximum atomic E-state index is 13.2. The smallest absolute Gasteiger partial charge is 0.123 e. The van der Waals surface area contributed by atoms with Crippen molar-refractivity contribution in [1.29, 1.82) is 0 Å². The van der Waals surface area contributed by atoms with Crippen LogP contribution in [0.1, 0.15) is 22.1 Å². The van der Waals surface area contributed by atoms with Gasteiger partial charge in [0.25, 0.3) is 0 Å². The number of hydrogen-bond acceptors (Lipinski definition) is 2. The number of halogens is 2. The zero-order valence-electron chi connectivity index (χ0n) is 12.6. The molecule has 1 aromatic heterocycles. The lowest BCUT2D eigenvalue weighted by molar-refractivity contribution is 0.626. The predicted molar refractivity (Wildman–Crippen MR) is 89.1 cm³/mol. The molecule has 0 saturated heterocycles. The van der Waals surface area contributed by atoms with Crippen LogP contribution in [0.3, 0.4) is 0 Å². The van der Waals surface area contributed by atoms with Crippen LogP contribution in [0.4, 0.5) is 8.78 Å². The highest BCUT2D eigenvalue weighted by Crippen LogP contribution is 2.37. The molecule has 0 amide bonds. The lowest BCUT2D eigenvalue weighted by Crippen LogP contribution is -1.99. The maximum Gasteiger partial charge on any atom is 0.123 e. The largest absolute Gasteiger partial charge is 0.276 e. The maximum absolute atomic E-state index is 13.2. The molecule has 3 rings (SSSR count). The monoisotopic (exact) mass is 330 g/mol. The summed E-state index contributed by atoms with van der Waals surface area (Å²) < 4.78 is 28.1. The Morgan fingerprint density at radius 3 is 1.87 bits per heavy atom. The third-order valence-corrected chi connectivity index (χ3v) is 4.85. The third kappa shape index (κ3) is 3.99. The third-order valence-electron chi connectivity index (χ3n) is 3.51. The van der Waals surface area contributed by atoms with Crippen molar-refractivity contribution in [1.82, 2.24) is 9.78 Å². The SMILES string of the molecule is Cn1ccc(CSC(c2ccc(F)cc2)c2ccc(F)cc2)n1. The van der Waals surface area contributed by atoms with E-state index >= 15 is 0 Å². The van der Waals surface area contributed by atoms with Gasteiger partial charge < -0.3 is 0 Å². The highest BCUT2D eigenvalue weighted by atomic mass is 32.2. The molecule has 2 aromatic carbocycles. The Labute approximate surface area is 138 Å². The Hall–Kier alpha value is -2.14. The molecule has 0 fully saturated rings. The van der Waals surface area contributed by atoms with Crippen LogP contribution in [-0.4, -0.2) is 9.78 Å². The molecule has 0 spiro atoms. The number of benzene rings is 2. The van der Waals surface area contributed by atoms with Crippen molar-refractivity contribution in [2.24, 2.45) is 7.05 Å². The summed E-state index contributed by atoms with van der Waals surface area (Å²) in [6.07, 6.45) is 1.90. The van der Waals surface area contributed by atoms with E-state index in [9.17, 15) is 8.78 Å². The van der Waals surface area contributed by atoms with Crippen LogP contribution in [-0.2, 0) is 12.8 Å². The molecule has 5 heteroatoms. The predicted octanol–water partition coefficient (Wildman–Crippen LogP) is 4.72. The summed E-state index contributed by atoms with van der Waals surface area (Å²) in [5.74, 6) is 0.197. The minimum absolute atomic E-state index is 0.00166. The second-order valence-electron chi connectivity index (χ2n) is 5.27. The van der Waals surface area contributed by atoms with Gasteiger partial charge in [-0.3, -0.25) is 4.68 Å². The Balaban J connectivity index is 1.86. The lowest BCUT2D eigenvalue weighted by Gasteiger charge is -2.17. The van der Waals surface area contributed by atoms with Gasteiger partial charge in [-0.05, 0) is 41.5 Å².